The van der Waals surface area contributed by atoms with Crippen molar-refractivity contribution in [2.45, 2.75) is 24.2 Å². The quantitative estimate of drug-likeness (QED) is 0.673. The molecule has 0 atom stereocenters. The highest BCUT2D eigenvalue weighted by atomic mass is 35.5. The van der Waals surface area contributed by atoms with Gasteiger partial charge in [0, 0.05) is 31.2 Å². The predicted molar refractivity (Wildman–Crippen MR) is 117 cm³/mol. The van der Waals surface area contributed by atoms with Gasteiger partial charge in [0.25, 0.3) is 10.0 Å². The first-order valence-electron chi connectivity index (χ1n) is 9.76. The highest BCUT2D eigenvalue weighted by Gasteiger charge is 2.45. The molecule has 1 aromatic carbocycles. The van der Waals surface area contributed by atoms with E-state index in [4.69, 9.17) is 23.2 Å². The van der Waals surface area contributed by atoms with Gasteiger partial charge in [-0.3, -0.25) is 4.72 Å². The Labute approximate surface area is 186 Å². The molecule has 6 nitrogen and oxygen atoms in total. The summed E-state index contributed by atoms with van der Waals surface area (Å²) in [6.07, 6.45) is 4.88. The maximum atomic E-state index is 15.1. The number of anilines is 2. The van der Waals surface area contributed by atoms with Gasteiger partial charge in [-0.2, -0.15) is 0 Å². The Morgan fingerprint density at radius 1 is 1.20 bits per heavy atom. The van der Waals surface area contributed by atoms with Crippen LogP contribution >= 0.6 is 23.2 Å². The Bertz CT molecular complexity index is 1050. The molecule has 0 unspecified atom stereocenters. The van der Waals surface area contributed by atoms with E-state index in [0.717, 1.165) is 39.0 Å². The minimum absolute atomic E-state index is 0.0651. The second-order valence-corrected chi connectivity index (χ2v) is 10.6. The van der Waals surface area contributed by atoms with E-state index >= 15 is 4.39 Å². The van der Waals surface area contributed by atoms with Crippen LogP contribution in [0.3, 0.4) is 0 Å². The zero-order valence-electron chi connectivity index (χ0n) is 16.5. The van der Waals surface area contributed by atoms with Crippen molar-refractivity contribution in [3.05, 3.63) is 46.3 Å². The van der Waals surface area contributed by atoms with Gasteiger partial charge in [0.1, 0.15) is 15.7 Å². The fraction of sp³-hybridized carbons (Fsp3) is 0.450. The number of likely N-dealkylation sites (tertiary alicyclic amines) is 1. The number of rotatable bonds is 4. The average molecular weight is 473 g/mol. The van der Waals surface area contributed by atoms with Crippen molar-refractivity contribution in [3.8, 4) is 0 Å². The average Bonchev–Trinajstić information content (AvgIpc) is 2.85. The van der Waals surface area contributed by atoms with E-state index in [0.29, 0.717) is 5.69 Å². The van der Waals surface area contributed by atoms with Gasteiger partial charge in [-0.1, -0.05) is 35.7 Å². The molecule has 162 valence electrons. The van der Waals surface area contributed by atoms with Gasteiger partial charge in [0.05, 0.1) is 10.7 Å². The smallest absolute Gasteiger partial charge is 0.267 e. The Balaban J connectivity index is 1.60. The van der Waals surface area contributed by atoms with Crippen LogP contribution in [0.5, 0.6) is 0 Å². The fourth-order valence-electron chi connectivity index (χ4n) is 4.46. The van der Waals surface area contributed by atoms with Crippen LogP contribution in [0, 0.1) is 11.2 Å². The van der Waals surface area contributed by atoms with E-state index in [1.165, 1.54) is 24.8 Å². The fourth-order valence-corrected chi connectivity index (χ4v) is 6.43. The van der Waals surface area contributed by atoms with Crippen molar-refractivity contribution >= 4 is 44.7 Å². The zero-order chi connectivity index (χ0) is 21.5. The molecule has 0 amide bonds. The Morgan fingerprint density at radius 2 is 1.97 bits per heavy atom. The van der Waals surface area contributed by atoms with Crippen LogP contribution in [-0.4, -0.2) is 51.5 Å². The third kappa shape index (κ3) is 4.10. The van der Waals surface area contributed by atoms with Crippen LogP contribution < -0.4 is 9.62 Å². The van der Waals surface area contributed by atoms with E-state index in [2.05, 4.69) is 21.7 Å². The van der Waals surface area contributed by atoms with Gasteiger partial charge in [-0.25, -0.2) is 17.8 Å². The van der Waals surface area contributed by atoms with E-state index < -0.39 is 20.7 Å². The minimum Gasteiger partial charge on any atom is -0.369 e. The number of halogens is 3. The number of sulfonamides is 1. The molecule has 0 saturated carbocycles. The molecule has 0 aliphatic carbocycles. The molecular formula is C20H23Cl2FN4O2S. The number of aromatic nitrogens is 1. The van der Waals surface area contributed by atoms with Crippen LogP contribution in [-0.2, 0) is 10.0 Å². The van der Waals surface area contributed by atoms with Crippen molar-refractivity contribution in [2.24, 2.45) is 5.41 Å². The molecule has 2 saturated heterocycles. The molecule has 2 aliphatic heterocycles. The number of hydrogen-bond donors (Lipinski definition) is 1. The summed E-state index contributed by atoms with van der Waals surface area (Å²) in [5, 5.41) is -0.452. The standard InChI is InChI=1S/C20H23Cl2FN4O2S/c1-26-9-5-3-7-20(11-26)12-27(13-20)15-10-14(21)19(18(23)17(15)22)30(28,29)25-16-6-2-4-8-24-16/h2,4,6,8,10H,3,5,7,9,11-13H2,1H3,(H,24,25). The van der Waals surface area contributed by atoms with Crippen molar-refractivity contribution < 1.29 is 12.8 Å². The second kappa shape index (κ2) is 8.15. The first-order valence-corrected chi connectivity index (χ1v) is 12.0. The summed E-state index contributed by atoms with van der Waals surface area (Å²) in [7, 11) is -2.18. The molecular weight excluding hydrogens is 450 g/mol. The molecule has 1 spiro atoms. The van der Waals surface area contributed by atoms with E-state index in [9.17, 15) is 8.42 Å². The monoisotopic (exact) mass is 472 g/mol. The normalized spacial score (nSPS) is 19.4. The lowest BCUT2D eigenvalue weighted by Crippen LogP contribution is -2.60. The highest BCUT2D eigenvalue weighted by molar-refractivity contribution is 7.92. The van der Waals surface area contributed by atoms with Crippen molar-refractivity contribution in [1.29, 1.82) is 0 Å². The number of nitrogens with one attached hydrogen (secondary N) is 1. The minimum atomic E-state index is -4.30. The molecule has 0 bridgehead atoms. The first kappa shape index (κ1) is 21.6. The molecule has 4 rings (SSSR count). The van der Waals surface area contributed by atoms with Gasteiger partial charge < -0.3 is 9.80 Å². The lowest BCUT2D eigenvalue weighted by molar-refractivity contribution is 0.142. The van der Waals surface area contributed by atoms with Crippen LogP contribution in [0.2, 0.25) is 10.0 Å². The largest absolute Gasteiger partial charge is 0.369 e. The maximum Gasteiger partial charge on any atom is 0.267 e. The summed E-state index contributed by atoms with van der Waals surface area (Å²) < 4.78 is 42.8. The summed E-state index contributed by atoms with van der Waals surface area (Å²) in [6.45, 7) is 3.55. The van der Waals surface area contributed by atoms with Gasteiger partial charge in [0.15, 0.2) is 5.82 Å². The summed E-state index contributed by atoms with van der Waals surface area (Å²) in [5.41, 5.74) is 0.580. The molecule has 2 aliphatic rings. The van der Waals surface area contributed by atoms with Gasteiger partial charge >= 0.3 is 0 Å². The lowest BCUT2D eigenvalue weighted by atomic mass is 9.75. The van der Waals surface area contributed by atoms with E-state index in [1.54, 1.807) is 12.1 Å². The topological polar surface area (TPSA) is 65.5 Å². The third-order valence-electron chi connectivity index (χ3n) is 5.77. The van der Waals surface area contributed by atoms with E-state index in [-0.39, 0.29) is 21.3 Å². The van der Waals surface area contributed by atoms with Gasteiger partial charge in [-0.05, 0) is 44.6 Å². The summed E-state index contributed by atoms with van der Waals surface area (Å²) in [4.78, 5) is 7.53. The molecule has 1 N–H and O–H groups in total. The van der Waals surface area contributed by atoms with Crippen LogP contribution in [0.15, 0.2) is 35.4 Å². The van der Waals surface area contributed by atoms with Crippen molar-refractivity contribution in [2.75, 3.05) is 42.8 Å². The maximum absolute atomic E-state index is 15.1. The van der Waals surface area contributed by atoms with E-state index in [1.807, 2.05) is 4.90 Å². The van der Waals surface area contributed by atoms with Gasteiger partial charge in [-0.15, -0.1) is 0 Å². The van der Waals surface area contributed by atoms with Crippen molar-refractivity contribution in [1.82, 2.24) is 9.88 Å². The van der Waals surface area contributed by atoms with Crippen LogP contribution in [0.1, 0.15) is 19.3 Å². The third-order valence-corrected chi connectivity index (χ3v) is 7.95. The molecule has 2 aromatic rings. The summed E-state index contributed by atoms with van der Waals surface area (Å²) in [6, 6.07) is 6.16. The summed E-state index contributed by atoms with van der Waals surface area (Å²) in [5.74, 6) is -0.989. The number of pyridine rings is 1. The molecule has 0 radical (unpaired) electrons. The number of benzene rings is 1. The molecule has 1 aromatic heterocycles. The molecule has 10 heteroatoms. The first-order chi connectivity index (χ1) is 14.2. The predicted octanol–water partition coefficient (Wildman–Crippen LogP) is 4.25. The molecule has 30 heavy (non-hydrogen) atoms. The second-order valence-electron chi connectivity index (χ2n) is 8.21. The SMILES string of the molecule is CN1CCCCC2(C1)CN(c1cc(Cl)c(S(=O)(=O)Nc3ccccn3)c(F)c1Cl)C2. The zero-order valence-corrected chi connectivity index (χ0v) is 18.9. The Kier molecular flexibility index (Phi) is 5.87. The van der Waals surface area contributed by atoms with Crippen LogP contribution in [0.4, 0.5) is 15.9 Å². The highest BCUT2D eigenvalue weighted by Crippen LogP contribution is 2.45. The molecule has 3 heterocycles. The van der Waals surface area contributed by atoms with Crippen LogP contribution in [0.25, 0.3) is 0 Å². The summed E-state index contributed by atoms with van der Waals surface area (Å²) >= 11 is 12.5. The van der Waals surface area contributed by atoms with Gasteiger partial charge in [0.2, 0.25) is 0 Å². The number of nitrogens with zero attached hydrogens (tertiary/aromatic N) is 3. The lowest BCUT2D eigenvalue weighted by Gasteiger charge is -2.52. The Morgan fingerprint density at radius 3 is 2.67 bits per heavy atom. The van der Waals surface area contributed by atoms with Crippen molar-refractivity contribution in [3.63, 3.8) is 0 Å². The molecule has 2 fully saturated rings. The Hall–Kier alpha value is -1.61. The number of hydrogen-bond acceptors (Lipinski definition) is 5.